The molecule has 69 heavy (non-hydrogen) atoms. The van der Waals surface area contributed by atoms with Crippen molar-refractivity contribution in [2.24, 2.45) is 28.2 Å². The number of pyridine rings is 2. The van der Waals surface area contributed by atoms with Gasteiger partial charge in [-0.3, -0.25) is 14.6 Å². The van der Waals surface area contributed by atoms with E-state index in [9.17, 15) is 0 Å². The van der Waals surface area contributed by atoms with Crippen LogP contribution in [0.25, 0.3) is 0 Å². The zero-order chi connectivity index (χ0) is 48.4. The molecule has 0 saturated carbocycles. The van der Waals surface area contributed by atoms with E-state index in [2.05, 4.69) is 79.7 Å². The second kappa shape index (κ2) is 20.0. The van der Waals surface area contributed by atoms with Crippen LogP contribution < -0.4 is 32.3 Å². The molecule has 366 valence electrons. The molecule has 3 aliphatic heterocycles. The van der Waals surface area contributed by atoms with Crippen molar-refractivity contribution in [3.63, 3.8) is 0 Å². The van der Waals surface area contributed by atoms with E-state index >= 15 is 14.4 Å². The number of ketones is 2. The highest BCUT2D eigenvalue weighted by atomic mass is 16.7. The van der Waals surface area contributed by atoms with Gasteiger partial charge < -0.3 is 41.8 Å². The first-order valence-corrected chi connectivity index (χ1v) is 25.3. The van der Waals surface area contributed by atoms with E-state index in [4.69, 9.17) is 15.2 Å². The summed E-state index contributed by atoms with van der Waals surface area (Å²) in [7, 11) is 3.64. The average Bonchev–Trinajstić information content (AvgIpc) is 4.10. The van der Waals surface area contributed by atoms with Crippen LogP contribution in [0.1, 0.15) is 122 Å². The summed E-state index contributed by atoms with van der Waals surface area (Å²) in [5.74, 6) is 1.04. The Morgan fingerprint density at radius 2 is 1.93 bits per heavy atom. The largest absolute Gasteiger partial charge is 0.463 e. The summed E-state index contributed by atoms with van der Waals surface area (Å²) >= 11 is 0. The molecule has 1 spiro atoms. The summed E-state index contributed by atoms with van der Waals surface area (Å²) in [6, 6.07) is 13.5. The van der Waals surface area contributed by atoms with Crippen LogP contribution in [0.2, 0.25) is 0 Å². The maximum atomic E-state index is 15.6. The van der Waals surface area contributed by atoms with Crippen molar-refractivity contribution >= 4 is 35.1 Å². The molecule has 2 saturated heterocycles. The van der Waals surface area contributed by atoms with Crippen molar-refractivity contribution in [2.75, 3.05) is 51.5 Å². The van der Waals surface area contributed by atoms with Gasteiger partial charge in [-0.1, -0.05) is 80.8 Å². The molecule has 7 N–H and O–H groups in total. The fourth-order valence-corrected chi connectivity index (χ4v) is 12.4. The molecule has 14 nitrogen and oxygen atoms in total. The van der Waals surface area contributed by atoms with Gasteiger partial charge in [0.1, 0.15) is 11.6 Å². The van der Waals surface area contributed by atoms with E-state index in [-0.39, 0.29) is 41.7 Å². The quantitative estimate of drug-likeness (QED) is 0.0353. The van der Waals surface area contributed by atoms with Gasteiger partial charge in [-0.15, -0.1) is 0 Å². The maximum absolute atomic E-state index is 15.6. The number of ether oxygens (including phenoxy) is 2. The first kappa shape index (κ1) is 48.3. The average molecular weight is 938 g/mol. The van der Waals surface area contributed by atoms with Crippen LogP contribution >= 0.6 is 0 Å². The number of aliphatic imine (C=N–C) groups is 1. The van der Waals surface area contributed by atoms with Gasteiger partial charge in [0.15, 0.2) is 17.3 Å². The lowest BCUT2D eigenvalue weighted by molar-refractivity contribution is -0.150. The van der Waals surface area contributed by atoms with E-state index in [1.165, 1.54) is 5.57 Å². The Kier molecular flexibility index (Phi) is 14.0. The molecule has 2 fully saturated rings. The fourth-order valence-electron chi connectivity index (χ4n) is 12.4. The monoisotopic (exact) mass is 938 g/mol. The number of Topliss-reactive ketones (excluding diaryl/α,β-unsaturated/α-hetero) is 2. The number of nitrogens with one attached hydrogen (secondary N) is 5. The van der Waals surface area contributed by atoms with Gasteiger partial charge >= 0.3 is 5.97 Å². The molecule has 0 amide bonds. The molecule has 3 aliphatic carbocycles. The summed E-state index contributed by atoms with van der Waals surface area (Å²) in [5.41, 5.74) is 6.92. The number of allylic oxidation sites excluding steroid dienone is 3. The van der Waals surface area contributed by atoms with Crippen molar-refractivity contribution in [1.82, 2.24) is 31.2 Å². The number of guanidine groups is 1. The number of hydrogen-bond acceptors (Lipinski definition) is 12. The van der Waals surface area contributed by atoms with Crippen molar-refractivity contribution < 1.29 is 23.9 Å². The Morgan fingerprint density at radius 1 is 1.06 bits per heavy atom. The number of carbonyl (C=O) groups is 3. The highest BCUT2D eigenvalue weighted by Crippen LogP contribution is 2.59. The van der Waals surface area contributed by atoms with Crippen LogP contribution in [0.3, 0.4) is 0 Å². The number of benzene rings is 1. The Bertz CT molecular complexity index is 2560. The van der Waals surface area contributed by atoms with E-state index in [1.807, 2.05) is 62.8 Å². The van der Waals surface area contributed by atoms with Crippen LogP contribution in [0.15, 0.2) is 95.3 Å². The number of hydrogen-bond donors (Lipinski definition) is 6. The number of nitrogen functional groups attached to an aromatic ring is 1. The van der Waals surface area contributed by atoms with Crippen LogP contribution in [-0.2, 0) is 32.6 Å². The predicted octanol–water partition coefficient (Wildman–Crippen LogP) is 7.14. The van der Waals surface area contributed by atoms with Crippen LogP contribution in [0, 0.1) is 23.2 Å². The third-order valence-electron chi connectivity index (χ3n) is 15.9. The number of carbonyl (C=O) groups excluding carboxylic acids is 3. The minimum Gasteiger partial charge on any atom is -0.463 e. The fraction of sp³-hybridized carbons (Fsp3) is 0.527. The number of nitrogens with zero attached hydrogens (tertiary/aromatic N) is 3. The summed E-state index contributed by atoms with van der Waals surface area (Å²) in [6.07, 6.45) is 22.0. The number of esters is 1. The van der Waals surface area contributed by atoms with E-state index < -0.39 is 28.5 Å². The van der Waals surface area contributed by atoms with E-state index in [1.54, 1.807) is 13.1 Å². The molecule has 4 bridgehead atoms. The molecule has 5 heterocycles. The topological polar surface area (TPSA) is 197 Å². The molecule has 0 radical (unpaired) electrons. The Labute approximate surface area is 407 Å². The minimum absolute atomic E-state index is 0.0130. The van der Waals surface area contributed by atoms with Crippen molar-refractivity contribution in [3.05, 3.63) is 118 Å². The van der Waals surface area contributed by atoms with Gasteiger partial charge in [0.25, 0.3) is 5.60 Å². The number of cyclic esters (lactones) is 1. The highest BCUT2D eigenvalue weighted by Gasteiger charge is 2.85. The SMILES string of the molecule is CCN[C@@H]1C=C2C=CC[C@@H]3CCCC[C@](C)(Cc4ccc(N)nc4)Cc4cccc5c4C(=O)[C@]4(O[C@@]4(C/C=C(\C)C[C@]4(c6ccnc(NCNC)c6)CCCNC(=NC)N4)C5=O)C(=O)OC[C@@H]1C[C@H]23. The van der Waals surface area contributed by atoms with Crippen LogP contribution in [-0.4, -0.2) is 91.2 Å². The lowest BCUT2D eigenvalue weighted by Gasteiger charge is -2.40. The number of epoxide rings is 1. The molecule has 2 aromatic heterocycles. The minimum atomic E-state index is -2.13. The lowest BCUT2D eigenvalue weighted by atomic mass is 9.67. The van der Waals surface area contributed by atoms with Gasteiger partial charge in [-0.05, 0) is 136 Å². The third kappa shape index (κ3) is 9.39. The second-order valence-corrected chi connectivity index (χ2v) is 20.8. The molecular formula is C55H71N9O5. The zero-order valence-corrected chi connectivity index (χ0v) is 41.1. The van der Waals surface area contributed by atoms with Gasteiger partial charge in [0, 0.05) is 55.5 Å². The molecule has 1 aromatic carbocycles. The van der Waals surface area contributed by atoms with Gasteiger partial charge in [-0.2, -0.15) is 0 Å². The van der Waals surface area contributed by atoms with Gasteiger partial charge in [-0.25, -0.2) is 14.8 Å². The van der Waals surface area contributed by atoms with Crippen LogP contribution in [0.5, 0.6) is 0 Å². The zero-order valence-electron chi connectivity index (χ0n) is 41.1. The third-order valence-corrected chi connectivity index (χ3v) is 15.9. The Morgan fingerprint density at radius 3 is 2.72 bits per heavy atom. The number of nitrogens with two attached hydrogens (primary N) is 1. The number of aromatic nitrogens is 2. The van der Waals surface area contributed by atoms with Gasteiger partial charge in [0.05, 0.1) is 18.8 Å². The predicted molar refractivity (Wildman–Crippen MR) is 270 cm³/mol. The van der Waals surface area contributed by atoms with Crippen molar-refractivity contribution in [1.29, 1.82) is 0 Å². The second-order valence-electron chi connectivity index (χ2n) is 20.8. The Hall–Kier alpha value is -5.70. The first-order chi connectivity index (χ1) is 33.4. The summed E-state index contributed by atoms with van der Waals surface area (Å²) in [5, 5.41) is 17.3. The molecule has 8 atom stereocenters. The number of fused-ring (bicyclic) bond motifs is 1. The number of anilines is 2. The molecular weight excluding hydrogens is 867 g/mol. The summed E-state index contributed by atoms with van der Waals surface area (Å²) < 4.78 is 13.0. The van der Waals surface area contributed by atoms with E-state index in [0.717, 1.165) is 92.5 Å². The van der Waals surface area contributed by atoms with Crippen LogP contribution in [0.4, 0.5) is 11.6 Å². The van der Waals surface area contributed by atoms with E-state index in [0.29, 0.717) is 55.1 Å². The highest BCUT2D eigenvalue weighted by molar-refractivity contribution is 6.33. The standard InChI is InChI=1S/C55H71N9O5/c1-6-59-44-27-38-14-9-13-37-12-7-8-21-52(3,30-36-17-18-45(56)62-32-36)31-39-15-10-16-42-47(39)49(66)55(50(67)68-33-40(44)26-43(37)38)54(69-55,48(42)65)23-19-35(2)29-53(22-11-24-61-51(58-5)64-53)41-20-25-60-46(28-41)63-34-57-4/h9-10,14-20,25,27-28,32,37,40,43-44,57,59H,6-8,11-13,21-24,26,29-31,33-34H2,1-5H3,(H2,56,62)(H,60,63)(H2,58,61,64)/b35-19+/t37-,40-,43-,44+,52+,53-,54-,55-/m0/s1. The first-order valence-electron chi connectivity index (χ1n) is 25.3. The normalized spacial score (nSPS) is 31.8. The molecule has 9 rings (SSSR count). The summed E-state index contributed by atoms with van der Waals surface area (Å²) in [6.45, 7) is 8.56. The molecule has 6 aliphatic rings. The van der Waals surface area contributed by atoms with Crippen molar-refractivity contribution in [3.8, 4) is 0 Å². The maximum Gasteiger partial charge on any atom is 0.350 e. The van der Waals surface area contributed by atoms with Gasteiger partial charge in [0.2, 0.25) is 5.78 Å². The molecule has 14 heteroatoms. The summed E-state index contributed by atoms with van der Waals surface area (Å²) in [4.78, 5) is 59.6. The number of rotatable bonds is 12. The molecule has 0 unspecified atom stereocenters. The lowest BCUT2D eigenvalue weighted by Crippen LogP contribution is -2.51. The molecule has 3 aromatic rings. The van der Waals surface area contributed by atoms with Crippen molar-refractivity contribution in [2.45, 2.75) is 121 Å². The number of likely N-dealkylation sites (N-methyl/N-ethyl adjacent to an activating group) is 1. The smallest absolute Gasteiger partial charge is 0.350 e. The Balaban J connectivity index is 1.10.